The Morgan fingerprint density at radius 2 is 2.11 bits per heavy atom. The minimum absolute atomic E-state index is 0.0778. The first-order valence-electron chi connectivity index (χ1n) is 5.88. The van der Waals surface area contributed by atoms with Gasteiger partial charge in [0, 0.05) is 20.2 Å². The molecule has 0 heterocycles. The quantitative estimate of drug-likeness (QED) is 0.820. The van der Waals surface area contributed by atoms with Crippen molar-refractivity contribution >= 4 is 21.8 Å². The Morgan fingerprint density at radius 1 is 1.39 bits per heavy atom. The van der Waals surface area contributed by atoms with E-state index in [9.17, 15) is 9.18 Å². The molecule has 0 aliphatic rings. The van der Waals surface area contributed by atoms with Crippen molar-refractivity contribution < 1.29 is 14.3 Å². The average Bonchev–Trinajstić information content (AvgIpc) is 2.37. The van der Waals surface area contributed by atoms with Crippen LogP contribution in [0, 0.1) is 5.82 Å². The van der Waals surface area contributed by atoms with Crippen LogP contribution in [0.3, 0.4) is 0 Å². The Balaban J connectivity index is 2.60. The van der Waals surface area contributed by atoms with E-state index >= 15 is 0 Å². The molecule has 0 unspecified atom stereocenters. The van der Waals surface area contributed by atoms with E-state index < -0.39 is 5.82 Å². The zero-order valence-corrected chi connectivity index (χ0v) is 11.9. The van der Waals surface area contributed by atoms with Crippen LogP contribution in [0.25, 0.3) is 0 Å². The number of carbonyl (C=O) groups is 1. The van der Waals surface area contributed by atoms with Crippen molar-refractivity contribution in [3.05, 3.63) is 34.1 Å². The Kier molecular flexibility index (Phi) is 6.29. The zero-order valence-electron chi connectivity index (χ0n) is 10.3. The maximum atomic E-state index is 13.7. The number of aliphatic hydroxyl groups is 1. The predicted octanol–water partition coefficient (Wildman–Crippen LogP) is 2.82. The summed E-state index contributed by atoms with van der Waals surface area (Å²) in [6, 6.07) is 4.68. The molecule has 1 aromatic rings. The van der Waals surface area contributed by atoms with Gasteiger partial charge < -0.3 is 10.0 Å². The van der Waals surface area contributed by atoms with E-state index in [0.717, 1.165) is 19.3 Å². The minimum Gasteiger partial charge on any atom is -0.396 e. The Morgan fingerprint density at radius 3 is 2.78 bits per heavy atom. The minimum atomic E-state index is -0.523. The molecule has 0 fully saturated rings. The summed E-state index contributed by atoms with van der Waals surface area (Å²) in [4.78, 5) is 13.5. The number of hydrogen-bond donors (Lipinski definition) is 1. The molecule has 100 valence electrons. The van der Waals surface area contributed by atoms with E-state index in [-0.39, 0.29) is 18.1 Å². The molecule has 0 saturated carbocycles. The molecule has 0 saturated heterocycles. The Hall–Kier alpha value is -0.940. The lowest BCUT2D eigenvalue weighted by Gasteiger charge is -2.17. The summed E-state index contributed by atoms with van der Waals surface area (Å²) in [7, 11) is 1.65. The number of hydrogen-bond acceptors (Lipinski definition) is 2. The van der Waals surface area contributed by atoms with E-state index in [1.807, 2.05) is 0 Å². The van der Waals surface area contributed by atoms with Gasteiger partial charge in [0.25, 0.3) is 5.91 Å². The number of carbonyl (C=O) groups excluding carboxylic acids is 1. The number of nitrogens with zero attached hydrogens (tertiary/aromatic N) is 1. The Bertz CT molecular complexity index is 412. The third-order valence-electron chi connectivity index (χ3n) is 2.68. The number of halogens is 2. The molecular formula is C13H17BrFNO2. The second-order valence-corrected chi connectivity index (χ2v) is 4.97. The first kappa shape index (κ1) is 15.1. The molecule has 1 N–H and O–H groups in total. The van der Waals surface area contributed by atoms with Gasteiger partial charge in [-0.15, -0.1) is 0 Å². The van der Waals surface area contributed by atoms with Gasteiger partial charge in [0.1, 0.15) is 5.82 Å². The summed E-state index contributed by atoms with van der Waals surface area (Å²) < 4.78 is 14.0. The van der Waals surface area contributed by atoms with Gasteiger partial charge in [0.2, 0.25) is 0 Å². The zero-order chi connectivity index (χ0) is 13.5. The van der Waals surface area contributed by atoms with Gasteiger partial charge in [-0.1, -0.05) is 6.07 Å². The monoisotopic (exact) mass is 317 g/mol. The van der Waals surface area contributed by atoms with Crippen LogP contribution >= 0.6 is 15.9 Å². The highest BCUT2D eigenvalue weighted by atomic mass is 79.9. The number of amides is 1. The van der Waals surface area contributed by atoms with Crippen LogP contribution in [0.15, 0.2) is 22.7 Å². The van der Waals surface area contributed by atoms with Crippen molar-refractivity contribution in [1.29, 1.82) is 0 Å². The predicted molar refractivity (Wildman–Crippen MR) is 72.0 cm³/mol. The number of unbranched alkanes of at least 4 members (excludes halogenated alkanes) is 2. The molecule has 0 bridgehead atoms. The van der Waals surface area contributed by atoms with E-state index in [1.165, 1.54) is 11.0 Å². The van der Waals surface area contributed by atoms with E-state index in [0.29, 0.717) is 11.0 Å². The fraction of sp³-hybridized carbons (Fsp3) is 0.462. The third kappa shape index (κ3) is 4.07. The van der Waals surface area contributed by atoms with Crippen LogP contribution in [0.2, 0.25) is 0 Å². The first-order valence-corrected chi connectivity index (χ1v) is 6.67. The molecule has 0 atom stereocenters. The maximum Gasteiger partial charge on any atom is 0.256 e. The molecule has 3 nitrogen and oxygen atoms in total. The van der Waals surface area contributed by atoms with Gasteiger partial charge >= 0.3 is 0 Å². The summed E-state index contributed by atoms with van der Waals surface area (Å²) in [5, 5.41) is 8.65. The summed E-state index contributed by atoms with van der Waals surface area (Å²) in [6.45, 7) is 0.725. The average molecular weight is 318 g/mol. The molecule has 0 spiro atoms. The van der Waals surface area contributed by atoms with E-state index in [4.69, 9.17) is 5.11 Å². The molecular weight excluding hydrogens is 301 g/mol. The number of rotatable bonds is 6. The van der Waals surface area contributed by atoms with E-state index in [2.05, 4.69) is 15.9 Å². The molecule has 0 aromatic heterocycles. The van der Waals surface area contributed by atoms with Gasteiger partial charge in [0.15, 0.2) is 0 Å². The van der Waals surface area contributed by atoms with Crippen LogP contribution in [-0.4, -0.2) is 36.1 Å². The van der Waals surface area contributed by atoms with E-state index in [1.54, 1.807) is 19.2 Å². The van der Waals surface area contributed by atoms with Gasteiger partial charge in [-0.2, -0.15) is 0 Å². The van der Waals surface area contributed by atoms with Crippen LogP contribution in [0.4, 0.5) is 4.39 Å². The lowest BCUT2D eigenvalue weighted by atomic mass is 10.1. The highest BCUT2D eigenvalue weighted by molar-refractivity contribution is 9.10. The largest absolute Gasteiger partial charge is 0.396 e. The second kappa shape index (κ2) is 7.48. The molecule has 5 heteroatoms. The standard InChI is InChI=1S/C13H17BrFNO2/c1-16(8-3-2-4-9-17)13(18)10-6-5-7-11(14)12(10)15/h5-7,17H,2-4,8-9H2,1H3. The van der Waals surface area contributed by atoms with Gasteiger partial charge in [-0.05, 0) is 47.3 Å². The van der Waals surface area contributed by atoms with Gasteiger partial charge in [-0.25, -0.2) is 4.39 Å². The third-order valence-corrected chi connectivity index (χ3v) is 3.29. The SMILES string of the molecule is CN(CCCCCO)C(=O)c1cccc(Br)c1F. The molecule has 1 aromatic carbocycles. The number of aliphatic hydroxyl groups excluding tert-OH is 1. The summed E-state index contributed by atoms with van der Waals surface area (Å²) in [5.74, 6) is -0.845. The lowest BCUT2D eigenvalue weighted by molar-refractivity contribution is 0.0787. The van der Waals surface area contributed by atoms with Crippen molar-refractivity contribution in [2.24, 2.45) is 0 Å². The highest BCUT2D eigenvalue weighted by Crippen LogP contribution is 2.19. The molecule has 1 amide bonds. The van der Waals surface area contributed by atoms with Crippen molar-refractivity contribution in [3.8, 4) is 0 Å². The number of benzene rings is 1. The van der Waals surface area contributed by atoms with Gasteiger partial charge in [-0.3, -0.25) is 4.79 Å². The first-order chi connectivity index (χ1) is 8.57. The molecule has 0 aliphatic carbocycles. The fourth-order valence-electron chi connectivity index (χ4n) is 1.61. The lowest BCUT2D eigenvalue weighted by Crippen LogP contribution is -2.28. The molecule has 0 aliphatic heterocycles. The molecule has 1 rings (SSSR count). The molecule has 0 radical (unpaired) electrons. The van der Waals surface area contributed by atoms with Crippen LogP contribution in [0.1, 0.15) is 29.6 Å². The van der Waals surface area contributed by atoms with Crippen LogP contribution in [-0.2, 0) is 0 Å². The van der Waals surface area contributed by atoms with Crippen LogP contribution in [0.5, 0.6) is 0 Å². The fourth-order valence-corrected chi connectivity index (χ4v) is 1.98. The summed E-state index contributed by atoms with van der Waals surface area (Å²) in [6.07, 6.45) is 2.39. The van der Waals surface area contributed by atoms with Crippen molar-refractivity contribution in [1.82, 2.24) is 4.90 Å². The molecule has 18 heavy (non-hydrogen) atoms. The van der Waals surface area contributed by atoms with Gasteiger partial charge in [0.05, 0.1) is 10.0 Å². The van der Waals surface area contributed by atoms with Crippen molar-refractivity contribution in [2.75, 3.05) is 20.2 Å². The summed E-state index contributed by atoms with van der Waals surface area (Å²) >= 11 is 3.06. The highest BCUT2D eigenvalue weighted by Gasteiger charge is 2.17. The second-order valence-electron chi connectivity index (χ2n) is 4.11. The Labute approximate surface area is 115 Å². The maximum absolute atomic E-state index is 13.7. The van der Waals surface area contributed by atoms with Crippen LogP contribution < -0.4 is 0 Å². The van der Waals surface area contributed by atoms with Crippen molar-refractivity contribution in [2.45, 2.75) is 19.3 Å². The summed E-state index contributed by atoms with van der Waals surface area (Å²) in [5.41, 5.74) is 0.0778. The van der Waals surface area contributed by atoms with Crippen molar-refractivity contribution in [3.63, 3.8) is 0 Å². The topological polar surface area (TPSA) is 40.5 Å². The smallest absolute Gasteiger partial charge is 0.256 e. The normalized spacial score (nSPS) is 10.4.